The Morgan fingerprint density at radius 1 is 1.40 bits per heavy atom. The average molecular weight is 339 g/mol. The monoisotopic (exact) mass is 338 g/mol. The summed E-state index contributed by atoms with van der Waals surface area (Å²) in [6, 6.07) is 4.33. The number of pyridine rings is 1. The van der Waals surface area contributed by atoms with Crippen molar-refractivity contribution >= 4 is 27.7 Å². The zero-order valence-electron chi connectivity index (χ0n) is 11.4. The van der Waals surface area contributed by atoms with Crippen molar-refractivity contribution in [3.05, 3.63) is 22.8 Å². The largest absolute Gasteiger partial charge is 0.310 e. The first-order valence-electron chi connectivity index (χ1n) is 7.08. The number of hydrogen-bond acceptors (Lipinski definition) is 4. The van der Waals surface area contributed by atoms with Crippen LogP contribution >= 0.6 is 15.9 Å². The molecule has 3 rings (SSSR count). The Labute approximate surface area is 127 Å². The van der Waals surface area contributed by atoms with Gasteiger partial charge >= 0.3 is 0 Å². The second-order valence-electron chi connectivity index (χ2n) is 5.48. The van der Waals surface area contributed by atoms with Gasteiger partial charge in [0.2, 0.25) is 5.91 Å². The average Bonchev–Trinajstić information content (AvgIpc) is 2.89. The van der Waals surface area contributed by atoms with Crippen LogP contribution in [-0.2, 0) is 4.79 Å². The Morgan fingerprint density at radius 2 is 2.30 bits per heavy atom. The lowest BCUT2D eigenvalue weighted by Crippen LogP contribution is -2.51. The van der Waals surface area contributed by atoms with Crippen LogP contribution in [0.3, 0.4) is 0 Å². The molecule has 2 saturated heterocycles. The summed E-state index contributed by atoms with van der Waals surface area (Å²) in [6.07, 6.45) is 4.26. The van der Waals surface area contributed by atoms with E-state index in [9.17, 15) is 4.79 Å². The lowest BCUT2D eigenvalue weighted by molar-refractivity contribution is -0.117. The minimum atomic E-state index is 0.0197. The number of piperazine rings is 1. The van der Waals surface area contributed by atoms with E-state index in [4.69, 9.17) is 0 Å². The number of nitrogens with one attached hydrogen (secondary N) is 1. The molecule has 0 spiro atoms. The molecule has 1 atom stereocenters. The molecule has 1 amide bonds. The van der Waals surface area contributed by atoms with E-state index < -0.39 is 0 Å². The van der Waals surface area contributed by atoms with E-state index in [1.165, 1.54) is 19.4 Å². The standard InChI is InChI=1S/C14H19BrN4O/c15-11-3-4-13(16-8-11)17-14(20)10-18-6-7-19-5-1-2-12(19)9-18/h3-4,8,12H,1-2,5-7,9-10H2,(H,16,17,20). The van der Waals surface area contributed by atoms with Gasteiger partial charge in [-0.05, 0) is 47.4 Å². The number of anilines is 1. The molecule has 0 bridgehead atoms. The van der Waals surface area contributed by atoms with Crippen LogP contribution in [0.15, 0.2) is 22.8 Å². The molecule has 20 heavy (non-hydrogen) atoms. The summed E-state index contributed by atoms with van der Waals surface area (Å²) in [5.41, 5.74) is 0. The van der Waals surface area contributed by atoms with Gasteiger partial charge < -0.3 is 5.32 Å². The molecule has 0 aromatic carbocycles. The maximum absolute atomic E-state index is 12.0. The van der Waals surface area contributed by atoms with Gasteiger partial charge in [0.15, 0.2) is 0 Å². The molecule has 0 saturated carbocycles. The lowest BCUT2D eigenvalue weighted by Gasteiger charge is -2.37. The molecule has 2 aliphatic rings. The summed E-state index contributed by atoms with van der Waals surface area (Å²) in [4.78, 5) is 21.0. The summed E-state index contributed by atoms with van der Waals surface area (Å²) in [5.74, 6) is 0.629. The van der Waals surface area contributed by atoms with E-state index in [1.807, 2.05) is 6.07 Å². The number of rotatable bonds is 3. The topological polar surface area (TPSA) is 48.5 Å². The molecule has 6 heteroatoms. The number of nitrogens with zero attached hydrogens (tertiary/aromatic N) is 3. The molecular formula is C14H19BrN4O. The number of halogens is 1. The number of carbonyl (C=O) groups excluding carboxylic acids is 1. The van der Waals surface area contributed by atoms with Crippen LogP contribution in [0.25, 0.3) is 0 Å². The molecule has 1 unspecified atom stereocenters. The highest BCUT2D eigenvalue weighted by Crippen LogP contribution is 2.21. The van der Waals surface area contributed by atoms with Crippen LogP contribution in [0.5, 0.6) is 0 Å². The lowest BCUT2D eigenvalue weighted by atomic mass is 10.1. The number of amides is 1. The summed E-state index contributed by atoms with van der Waals surface area (Å²) in [6.45, 7) is 4.78. The van der Waals surface area contributed by atoms with Crippen LogP contribution in [0.4, 0.5) is 5.82 Å². The van der Waals surface area contributed by atoms with E-state index in [1.54, 1.807) is 12.3 Å². The van der Waals surface area contributed by atoms with Crippen molar-refractivity contribution < 1.29 is 4.79 Å². The van der Waals surface area contributed by atoms with Crippen LogP contribution in [-0.4, -0.2) is 59.5 Å². The van der Waals surface area contributed by atoms with Gasteiger partial charge in [-0.25, -0.2) is 4.98 Å². The van der Waals surface area contributed by atoms with Gasteiger partial charge in [-0.2, -0.15) is 0 Å². The van der Waals surface area contributed by atoms with Gasteiger partial charge in [-0.15, -0.1) is 0 Å². The summed E-state index contributed by atoms with van der Waals surface area (Å²) in [7, 11) is 0. The minimum Gasteiger partial charge on any atom is -0.310 e. The third-order valence-corrected chi connectivity index (χ3v) is 4.50. The van der Waals surface area contributed by atoms with Crippen molar-refractivity contribution in [1.29, 1.82) is 0 Å². The second-order valence-corrected chi connectivity index (χ2v) is 6.39. The zero-order chi connectivity index (χ0) is 13.9. The molecule has 1 aromatic rings. The first-order valence-corrected chi connectivity index (χ1v) is 7.88. The van der Waals surface area contributed by atoms with Gasteiger partial charge in [0.05, 0.1) is 6.54 Å². The quantitative estimate of drug-likeness (QED) is 0.908. The van der Waals surface area contributed by atoms with E-state index >= 15 is 0 Å². The van der Waals surface area contributed by atoms with E-state index in [2.05, 4.69) is 36.0 Å². The molecule has 5 nitrogen and oxygen atoms in total. The Hall–Kier alpha value is -0.980. The fourth-order valence-electron chi connectivity index (χ4n) is 3.03. The predicted molar refractivity (Wildman–Crippen MR) is 81.6 cm³/mol. The van der Waals surface area contributed by atoms with Gasteiger partial charge in [0, 0.05) is 36.3 Å². The van der Waals surface area contributed by atoms with Gasteiger partial charge in [-0.3, -0.25) is 14.6 Å². The third kappa shape index (κ3) is 3.37. The summed E-state index contributed by atoms with van der Waals surface area (Å²) in [5, 5.41) is 2.85. The maximum atomic E-state index is 12.0. The number of aromatic nitrogens is 1. The molecule has 2 fully saturated rings. The van der Waals surface area contributed by atoms with Gasteiger partial charge in [0.25, 0.3) is 0 Å². The number of hydrogen-bond donors (Lipinski definition) is 1. The number of carbonyl (C=O) groups is 1. The van der Waals surface area contributed by atoms with Crippen LogP contribution in [0.1, 0.15) is 12.8 Å². The molecule has 1 aromatic heterocycles. The number of fused-ring (bicyclic) bond motifs is 1. The van der Waals surface area contributed by atoms with Crippen molar-refractivity contribution in [2.75, 3.05) is 38.0 Å². The SMILES string of the molecule is O=C(CN1CCN2CCCC2C1)Nc1ccc(Br)cn1. The van der Waals surface area contributed by atoms with Crippen molar-refractivity contribution in [2.24, 2.45) is 0 Å². The molecule has 2 aliphatic heterocycles. The maximum Gasteiger partial charge on any atom is 0.239 e. The second kappa shape index (κ2) is 6.20. The van der Waals surface area contributed by atoms with Crippen molar-refractivity contribution in [2.45, 2.75) is 18.9 Å². The molecular weight excluding hydrogens is 320 g/mol. The molecule has 0 aliphatic carbocycles. The molecule has 0 radical (unpaired) electrons. The summed E-state index contributed by atoms with van der Waals surface area (Å²) >= 11 is 3.33. The Balaban J connectivity index is 1.50. The third-order valence-electron chi connectivity index (χ3n) is 4.03. The molecule has 3 heterocycles. The fourth-order valence-corrected chi connectivity index (χ4v) is 3.27. The van der Waals surface area contributed by atoms with E-state index in [-0.39, 0.29) is 5.91 Å². The van der Waals surface area contributed by atoms with E-state index in [0.29, 0.717) is 18.4 Å². The van der Waals surface area contributed by atoms with Gasteiger partial charge in [-0.1, -0.05) is 0 Å². The van der Waals surface area contributed by atoms with Crippen LogP contribution in [0.2, 0.25) is 0 Å². The summed E-state index contributed by atoms with van der Waals surface area (Å²) < 4.78 is 0.910. The Bertz CT molecular complexity index is 479. The van der Waals surface area contributed by atoms with Crippen LogP contribution < -0.4 is 5.32 Å². The highest BCUT2D eigenvalue weighted by atomic mass is 79.9. The fraction of sp³-hybridized carbons (Fsp3) is 0.571. The highest BCUT2D eigenvalue weighted by molar-refractivity contribution is 9.10. The van der Waals surface area contributed by atoms with E-state index in [0.717, 1.165) is 24.1 Å². The predicted octanol–water partition coefficient (Wildman–Crippen LogP) is 1.56. The molecule has 108 valence electrons. The van der Waals surface area contributed by atoms with Crippen molar-refractivity contribution in [3.63, 3.8) is 0 Å². The van der Waals surface area contributed by atoms with Crippen molar-refractivity contribution in [1.82, 2.24) is 14.8 Å². The van der Waals surface area contributed by atoms with Gasteiger partial charge in [0.1, 0.15) is 5.82 Å². The normalized spacial score (nSPS) is 23.6. The Morgan fingerprint density at radius 3 is 3.10 bits per heavy atom. The Kier molecular flexibility index (Phi) is 4.33. The highest BCUT2D eigenvalue weighted by Gasteiger charge is 2.30. The first-order chi connectivity index (χ1) is 9.70. The van der Waals surface area contributed by atoms with Crippen LogP contribution in [0, 0.1) is 0 Å². The smallest absolute Gasteiger partial charge is 0.239 e. The van der Waals surface area contributed by atoms with Crippen molar-refractivity contribution in [3.8, 4) is 0 Å². The minimum absolute atomic E-state index is 0.0197. The first kappa shape index (κ1) is 14.0. The molecule has 1 N–H and O–H groups in total. The zero-order valence-corrected chi connectivity index (χ0v) is 13.0.